The molecule has 0 spiro atoms. The van der Waals surface area contributed by atoms with Gasteiger partial charge in [-0.2, -0.15) is 0 Å². The first-order valence-electron chi connectivity index (χ1n) is 3.94. The molecule has 0 amide bonds. The number of rotatable bonds is 1. The minimum Gasteiger partial charge on any atom is -0.455 e. The molecule has 2 rings (SSSR count). The monoisotopic (exact) mass is 207 g/mol. The molecular formula is C10H6ClNO2. The summed E-state index contributed by atoms with van der Waals surface area (Å²) in [6.45, 7) is 0. The average molecular weight is 208 g/mol. The van der Waals surface area contributed by atoms with E-state index in [4.69, 9.17) is 21.4 Å². The predicted molar refractivity (Wildman–Crippen MR) is 55.4 cm³/mol. The second-order valence-corrected chi connectivity index (χ2v) is 3.23. The minimum atomic E-state index is -0.188. The Bertz CT molecular complexity index is 560. The SMILES string of the molecule is N=Cc1cc(=O)c2cc(Cl)ccc2o1. The number of hydrogen-bond donors (Lipinski definition) is 1. The van der Waals surface area contributed by atoms with Crippen molar-refractivity contribution >= 4 is 28.8 Å². The number of nitrogens with one attached hydrogen (secondary N) is 1. The van der Waals surface area contributed by atoms with Crippen molar-refractivity contribution < 1.29 is 4.42 Å². The molecule has 0 aliphatic rings. The van der Waals surface area contributed by atoms with E-state index in [1.165, 1.54) is 6.07 Å². The van der Waals surface area contributed by atoms with Crippen LogP contribution in [0.25, 0.3) is 11.0 Å². The van der Waals surface area contributed by atoms with Gasteiger partial charge in [-0.1, -0.05) is 11.6 Å². The van der Waals surface area contributed by atoms with Gasteiger partial charge in [-0.15, -0.1) is 0 Å². The van der Waals surface area contributed by atoms with E-state index >= 15 is 0 Å². The van der Waals surface area contributed by atoms with Crippen LogP contribution in [-0.2, 0) is 0 Å². The molecule has 0 fully saturated rings. The summed E-state index contributed by atoms with van der Waals surface area (Å²) in [4.78, 5) is 11.5. The van der Waals surface area contributed by atoms with E-state index in [0.717, 1.165) is 6.21 Å². The van der Waals surface area contributed by atoms with Crippen molar-refractivity contribution in [2.75, 3.05) is 0 Å². The third kappa shape index (κ3) is 1.42. The van der Waals surface area contributed by atoms with Crippen LogP contribution in [0.1, 0.15) is 5.76 Å². The Balaban J connectivity index is 2.90. The van der Waals surface area contributed by atoms with Crippen LogP contribution in [0.4, 0.5) is 0 Å². The molecule has 70 valence electrons. The van der Waals surface area contributed by atoms with E-state index < -0.39 is 0 Å². The second-order valence-electron chi connectivity index (χ2n) is 2.80. The standard InChI is InChI=1S/C10H6ClNO2/c11-6-1-2-10-8(3-6)9(13)4-7(5-12)14-10/h1-5,12H. The maximum absolute atomic E-state index is 11.5. The molecule has 0 atom stereocenters. The summed E-state index contributed by atoms with van der Waals surface area (Å²) >= 11 is 5.74. The summed E-state index contributed by atoms with van der Waals surface area (Å²) in [5.41, 5.74) is 0.257. The first-order valence-corrected chi connectivity index (χ1v) is 4.32. The van der Waals surface area contributed by atoms with Crippen LogP contribution in [0, 0.1) is 5.41 Å². The van der Waals surface area contributed by atoms with Gasteiger partial charge in [-0.3, -0.25) is 4.79 Å². The van der Waals surface area contributed by atoms with Crippen molar-refractivity contribution in [3.8, 4) is 0 Å². The van der Waals surface area contributed by atoms with Crippen LogP contribution < -0.4 is 5.43 Å². The van der Waals surface area contributed by atoms with Gasteiger partial charge >= 0.3 is 0 Å². The molecule has 0 bridgehead atoms. The lowest BCUT2D eigenvalue weighted by molar-refractivity contribution is 0.594. The molecule has 0 saturated heterocycles. The van der Waals surface area contributed by atoms with Crippen molar-refractivity contribution in [3.05, 3.63) is 45.3 Å². The Kier molecular flexibility index (Phi) is 2.09. The van der Waals surface area contributed by atoms with Crippen LogP contribution in [0.5, 0.6) is 0 Å². The van der Waals surface area contributed by atoms with E-state index in [1.54, 1.807) is 18.2 Å². The second kappa shape index (κ2) is 3.27. The highest BCUT2D eigenvalue weighted by Gasteiger charge is 2.03. The number of hydrogen-bond acceptors (Lipinski definition) is 3. The summed E-state index contributed by atoms with van der Waals surface area (Å²) in [5.74, 6) is 0.241. The zero-order valence-electron chi connectivity index (χ0n) is 7.08. The Morgan fingerprint density at radius 3 is 2.86 bits per heavy atom. The number of fused-ring (bicyclic) bond motifs is 1. The van der Waals surface area contributed by atoms with Gasteiger partial charge in [0.1, 0.15) is 11.3 Å². The van der Waals surface area contributed by atoms with Gasteiger partial charge in [0.25, 0.3) is 0 Å². The van der Waals surface area contributed by atoms with E-state index in [0.29, 0.717) is 16.0 Å². The summed E-state index contributed by atoms with van der Waals surface area (Å²) in [6, 6.07) is 6.08. The molecule has 0 aliphatic carbocycles. The largest absolute Gasteiger partial charge is 0.455 e. The highest BCUT2D eigenvalue weighted by molar-refractivity contribution is 6.31. The maximum Gasteiger partial charge on any atom is 0.193 e. The van der Waals surface area contributed by atoms with Crippen molar-refractivity contribution in [2.24, 2.45) is 0 Å². The third-order valence-corrected chi connectivity index (χ3v) is 2.09. The molecule has 1 aromatic heterocycles. The van der Waals surface area contributed by atoms with Gasteiger partial charge in [0, 0.05) is 11.1 Å². The fraction of sp³-hybridized carbons (Fsp3) is 0. The van der Waals surface area contributed by atoms with Crippen LogP contribution >= 0.6 is 11.6 Å². The van der Waals surface area contributed by atoms with E-state index in [2.05, 4.69) is 0 Å². The molecule has 1 heterocycles. The normalized spacial score (nSPS) is 10.4. The predicted octanol–water partition coefficient (Wildman–Crippen LogP) is 2.44. The quantitative estimate of drug-likeness (QED) is 0.731. The lowest BCUT2D eigenvalue weighted by Gasteiger charge is -1.98. The lowest BCUT2D eigenvalue weighted by atomic mass is 10.2. The minimum absolute atomic E-state index is 0.188. The molecule has 1 N–H and O–H groups in total. The molecule has 4 heteroatoms. The van der Waals surface area contributed by atoms with Crippen LogP contribution in [0.2, 0.25) is 5.02 Å². The topological polar surface area (TPSA) is 54.1 Å². The molecular weight excluding hydrogens is 202 g/mol. The first kappa shape index (κ1) is 8.97. The van der Waals surface area contributed by atoms with Gasteiger partial charge < -0.3 is 9.83 Å². The zero-order chi connectivity index (χ0) is 10.1. The highest BCUT2D eigenvalue weighted by Crippen LogP contribution is 2.16. The molecule has 0 aliphatic heterocycles. The number of benzene rings is 1. The zero-order valence-corrected chi connectivity index (χ0v) is 7.84. The van der Waals surface area contributed by atoms with Crippen molar-refractivity contribution in [1.29, 1.82) is 5.41 Å². The summed E-state index contributed by atoms with van der Waals surface area (Å²) in [6.07, 6.45) is 0.995. The summed E-state index contributed by atoms with van der Waals surface area (Å²) in [5, 5.41) is 7.90. The van der Waals surface area contributed by atoms with Gasteiger partial charge in [-0.05, 0) is 18.2 Å². The van der Waals surface area contributed by atoms with Crippen molar-refractivity contribution in [2.45, 2.75) is 0 Å². The van der Waals surface area contributed by atoms with Gasteiger partial charge in [0.05, 0.1) is 11.6 Å². The Morgan fingerprint density at radius 1 is 1.36 bits per heavy atom. The van der Waals surface area contributed by atoms with Gasteiger partial charge in [-0.25, -0.2) is 0 Å². The van der Waals surface area contributed by atoms with E-state index in [1.807, 2.05) is 0 Å². The number of halogens is 1. The molecule has 2 aromatic rings. The van der Waals surface area contributed by atoms with Gasteiger partial charge in [0.2, 0.25) is 0 Å². The Hall–Kier alpha value is -1.61. The molecule has 1 aromatic carbocycles. The third-order valence-electron chi connectivity index (χ3n) is 1.85. The van der Waals surface area contributed by atoms with Crippen molar-refractivity contribution in [1.82, 2.24) is 0 Å². The molecule has 14 heavy (non-hydrogen) atoms. The molecule has 0 radical (unpaired) electrons. The Morgan fingerprint density at radius 2 is 2.14 bits per heavy atom. The lowest BCUT2D eigenvalue weighted by Crippen LogP contribution is -2.01. The fourth-order valence-electron chi connectivity index (χ4n) is 1.22. The van der Waals surface area contributed by atoms with E-state index in [-0.39, 0.29) is 11.2 Å². The Labute approximate surface area is 84.4 Å². The van der Waals surface area contributed by atoms with E-state index in [9.17, 15) is 4.79 Å². The van der Waals surface area contributed by atoms with Crippen molar-refractivity contribution in [3.63, 3.8) is 0 Å². The molecule has 3 nitrogen and oxygen atoms in total. The average Bonchev–Trinajstić information content (AvgIpc) is 2.19. The summed E-state index contributed by atoms with van der Waals surface area (Å²) in [7, 11) is 0. The summed E-state index contributed by atoms with van der Waals surface area (Å²) < 4.78 is 5.25. The molecule has 0 saturated carbocycles. The van der Waals surface area contributed by atoms with Crippen LogP contribution in [-0.4, -0.2) is 6.21 Å². The molecule has 0 unspecified atom stereocenters. The van der Waals surface area contributed by atoms with Crippen LogP contribution in [0.15, 0.2) is 33.5 Å². The smallest absolute Gasteiger partial charge is 0.193 e. The maximum atomic E-state index is 11.5. The first-order chi connectivity index (χ1) is 6.70. The fourth-order valence-corrected chi connectivity index (χ4v) is 1.39. The highest BCUT2D eigenvalue weighted by atomic mass is 35.5. The van der Waals surface area contributed by atoms with Gasteiger partial charge in [0.15, 0.2) is 5.43 Å². The van der Waals surface area contributed by atoms with Crippen LogP contribution in [0.3, 0.4) is 0 Å².